The van der Waals surface area contributed by atoms with Gasteiger partial charge in [-0.05, 0) is 50.2 Å². The standard InChI is InChI=1S/C13H18Cl2N2/c1-17(13-3-2-4-16-8-13)9-10-5-11(14)7-12(15)6-10/h5-7,13,16H,2-4,8-9H2,1H3. The molecule has 1 aliphatic heterocycles. The molecule has 4 heteroatoms. The van der Waals surface area contributed by atoms with E-state index in [-0.39, 0.29) is 0 Å². The van der Waals surface area contributed by atoms with Crippen LogP contribution < -0.4 is 5.32 Å². The Bertz CT molecular complexity index is 355. The molecule has 17 heavy (non-hydrogen) atoms. The highest BCUT2D eigenvalue weighted by atomic mass is 35.5. The first-order valence-corrected chi connectivity index (χ1v) is 6.76. The number of piperidine rings is 1. The molecule has 1 unspecified atom stereocenters. The molecule has 2 rings (SSSR count). The van der Waals surface area contributed by atoms with E-state index in [0.29, 0.717) is 16.1 Å². The SMILES string of the molecule is CN(Cc1cc(Cl)cc(Cl)c1)C1CCCNC1. The van der Waals surface area contributed by atoms with Crippen LogP contribution in [-0.2, 0) is 6.54 Å². The molecule has 0 aliphatic carbocycles. The number of benzene rings is 1. The summed E-state index contributed by atoms with van der Waals surface area (Å²) in [6.07, 6.45) is 2.52. The van der Waals surface area contributed by atoms with Crippen molar-refractivity contribution in [2.45, 2.75) is 25.4 Å². The van der Waals surface area contributed by atoms with Crippen LogP contribution in [0.25, 0.3) is 0 Å². The third-order valence-electron chi connectivity index (χ3n) is 3.25. The van der Waals surface area contributed by atoms with Crippen molar-refractivity contribution in [3.8, 4) is 0 Å². The predicted octanol–water partition coefficient (Wildman–Crippen LogP) is 3.18. The third-order valence-corrected chi connectivity index (χ3v) is 3.68. The molecule has 1 aromatic rings. The lowest BCUT2D eigenvalue weighted by molar-refractivity contribution is 0.196. The lowest BCUT2D eigenvalue weighted by Crippen LogP contribution is -2.43. The molecule has 94 valence electrons. The predicted molar refractivity (Wildman–Crippen MR) is 73.8 cm³/mol. The zero-order valence-corrected chi connectivity index (χ0v) is 11.6. The Morgan fingerprint density at radius 3 is 2.59 bits per heavy atom. The van der Waals surface area contributed by atoms with Crippen LogP contribution in [0.2, 0.25) is 10.0 Å². The quantitative estimate of drug-likeness (QED) is 0.910. The van der Waals surface area contributed by atoms with Crippen LogP contribution in [0, 0.1) is 0 Å². The Labute approximate surface area is 113 Å². The molecule has 0 bridgehead atoms. The zero-order valence-electron chi connectivity index (χ0n) is 10.0. The van der Waals surface area contributed by atoms with Gasteiger partial charge in [0.15, 0.2) is 0 Å². The maximum absolute atomic E-state index is 6.00. The fraction of sp³-hybridized carbons (Fsp3) is 0.538. The van der Waals surface area contributed by atoms with E-state index in [1.54, 1.807) is 6.07 Å². The van der Waals surface area contributed by atoms with E-state index >= 15 is 0 Å². The van der Waals surface area contributed by atoms with Crippen molar-refractivity contribution in [3.05, 3.63) is 33.8 Å². The van der Waals surface area contributed by atoms with Gasteiger partial charge in [0.25, 0.3) is 0 Å². The minimum atomic E-state index is 0.613. The molecule has 1 aliphatic rings. The summed E-state index contributed by atoms with van der Waals surface area (Å²) < 4.78 is 0. The summed E-state index contributed by atoms with van der Waals surface area (Å²) in [5, 5.41) is 4.85. The summed E-state index contributed by atoms with van der Waals surface area (Å²) in [5.41, 5.74) is 1.18. The van der Waals surface area contributed by atoms with Crippen molar-refractivity contribution in [2.24, 2.45) is 0 Å². The van der Waals surface area contributed by atoms with Gasteiger partial charge in [0, 0.05) is 29.2 Å². The lowest BCUT2D eigenvalue weighted by Gasteiger charge is -2.31. The van der Waals surface area contributed by atoms with Gasteiger partial charge >= 0.3 is 0 Å². The smallest absolute Gasteiger partial charge is 0.0424 e. The molecule has 1 atom stereocenters. The van der Waals surface area contributed by atoms with Crippen LogP contribution in [0.3, 0.4) is 0 Å². The number of hydrogen-bond acceptors (Lipinski definition) is 2. The Hall–Kier alpha value is -0.280. The van der Waals surface area contributed by atoms with Crippen molar-refractivity contribution in [1.29, 1.82) is 0 Å². The summed E-state index contributed by atoms with van der Waals surface area (Å²) >= 11 is 12.0. The molecule has 0 amide bonds. The highest BCUT2D eigenvalue weighted by molar-refractivity contribution is 6.34. The molecule has 1 aromatic carbocycles. The van der Waals surface area contributed by atoms with Crippen molar-refractivity contribution in [2.75, 3.05) is 20.1 Å². The molecule has 0 aromatic heterocycles. The number of halogens is 2. The van der Waals surface area contributed by atoms with E-state index in [9.17, 15) is 0 Å². The van der Waals surface area contributed by atoms with Crippen molar-refractivity contribution in [3.63, 3.8) is 0 Å². The fourth-order valence-electron chi connectivity index (χ4n) is 2.33. The van der Waals surface area contributed by atoms with E-state index in [4.69, 9.17) is 23.2 Å². The Kier molecular flexibility index (Phi) is 4.69. The summed E-state index contributed by atoms with van der Waals surface area (Å²) in [6.45, 7) is 3.12. The summed E-state index contributed by atoms with van der Waals surface area (Å²) in [6, 6.07) is 6.36. The Morgan fingerprint density at radius 1 is 1.29 bits per heavy atom. The number of nitrogens with zero attached hydrogens (tertiary/aromatic N) is 1. The minimum Gasteiger partial charge on any atom is -0.315 e. The molecule has 1 fully saturated rings. The molecular weight excluding hydrogens is 255 g/mol. The molecular formula is C13H18Cl2N2. The van der Waals surface area contributed by atoms with E-state index in [0.717, 1.165) is 19.6 Å². The van der Waals surface area contributed by atoms with Crippen molar-refractivity contribution < 1.29 is 0 Å². The highest BCUT2D eigenvalue weighted by Crippen LogP contribution is 2.21. The van der Waals surface area contributed by atoms with Gasteiger partial charge in [0.05, 0.1) is 0 Å². The van der Waals surface area contributed by atoms with E-state index in [1.807, 2.05) is 12.1 Å². The number of hydrogen-bond donors (Lipinski definition) is 1. The van der Waals surface area contributed by atoms with Crippen LogP contribution in [0.15, 0.2) is 18.2 Å². The topological polar surface area (TPSA) is 15.3 Å². The van der Waals surface area contributed by atoms with Gasteiger partial charge in [-0.2, -0.15) is 0 Å². The van der Waals surface area contributed by atoms with Crippen LogP contribution in [0.1, 0.15) is 18.4 Å². The zero-order chi connectivity index (χ0) is 12.3. The highest BCUT2D eigenvalue weighted by Gasteiger charge is 2.17. The molecule has 2 nitrogen and oxygen atoms in total. The molecule has 1 heterocycles. The van der Waals surface area contributed by atoms with Gasteiger partial charge in [0.2, 0.25) is 0 Å². The number of rotatable bonds is 3. The van der Waals surface area contributed by atoms with E-state index < -0.39 is 0 Å². The molecule has 0 radical (unpaired) electrons. The van der Waals surface area contributed by atoms with Crippen LogP contribution in [0.4, 0.5) is 0 Å². The van der Waals surface area contributed by atoms with Gasteiger partial charge in [0.1, 0.15) is 0 Å². The maximum Gasteiger partial charge on any atom is 0.0424 e. The first-order valence-electron chi connectivity index (χ1n) is 6.01. The average Bonchev–Trinajstić information content (AvgIpc) is 2.28. The summed E-state index contributed by atoms with van der Waals surface area (Å²) in [5.74, 6) is 0. The second-order valence-electron chi connectivity index (χ2n) is 4.69. The first-order chi connectivity index (χ1) is 8.15. The Morgan fingerprint density at radius 2 is 2.00 bits per heavy atom. The number of nitrogens with one attached hydrogen (secondary N) is 1. The third kappa shape index (κ3) is 3.85. The second kappa shape index (κ2) is 6.05. The normalized spacial score (nSPS) is 20.8. The summed E-state index contributed by atoms with van der Waals surface area (Å²) in [4.78, 5) is 2.37. The van der Waals surface area contributed by atoms with Crippen molar-refractivity contribution >= 4 is 23.2 Å². The fourth-order valence-corrected chi connectivity index (χ4v) is 2.90. The maximum atomic E-state index is 6.00. The van der Waals surface area contributed by atoms with Crippen LogP contribution in [0.5, 0.6) is 0 Å². The Balaban J connectivity index is 1.99. The van der Waals surface area contributed by atoms with Gasteiger partial charge in [-0.1, -0.05) is 23.2 Å². The molecule has 0 saturated carbocycles. The van der Waals surface area contributed by atoms with E-state index in [1.165, 1.54) is 18.4 Å². The largest absolute Gasteiger partial charge is 0.315 e. The minimum absolute atomic E-state index is 0.613. The molecule has 0 spiro atoms. The molecule has 1 saturated heterocycles. The first kappa shape index (κ1) is 13.2. The molecule has 1 N–H and O–H groups in total. The van der Waals surface area contributed by atoms with Gasteiger partial charge in [-0.15, -0.1) is 0 Å². The van der Waals surface area contributed by atoms with Crippen molar-refractivity contribution in [1.82, 2.24) is 10.2 Å². The summed E-state index contributed by atoms with van der Waals surface area (Å²) in [7, 11) is 2.16. The van der Waals surface area contributed by atoms with Gasteiger partial charge in [-0.3, -0.25) is 4.90 Å². The lowest BCUT2D eigenvalue weighted by atomic mass is 10.1. The number of likely N-dealkylation sites (N-methyl/N-ethyl adjacent to an activating group) is 1. The van der Waals surface area contributed by atoms with Gasteiger partial charge in [-0.25, -0.2) is 0 Å². The monoisotopic (exact) mass is 272 g/mol. The second-order valence-corrected chi connectivity index (χ2v) is 5.57. The van der Waals surface area contributed by atoms with Gasteiger partial charge < -0.3 is 5.32 Å². The van der Waals surface area contributed by atoms with Crippen LogP contribution >= 0.6 is 23.2 Å². The average molecular weight is 273 g/mol. The van der Waals surface area contributed by atoms with Crippen LogP contribution in [-0.4, -0.2) is 31.1 Å². The van der Waals surface area contributed by atoms with E-state index in [2.05, 4.69) is 17.3 Å².